The number of hydrogen-bond acceptors (Lipinski definition) is 3. The summed E-state index contributed by atoms with van der Waals surface area (Å²) < 4.78 is 0. The topological polar surface area (TPSA) is 44.4 Å². The predicted molar refractivity (Wildman–Crippen MR) is 71.6 cm³/mol. The van der Waals surface area contributed by atoms with E-state index in [1.807, 2.05) is 6.07 Å². The fraction of sp³-hybridized carbons (Fsp3) is 0.500. The summed E-state index contributed by atoms with van der Waals surface area (Å²) in [5, 5.41) is 6.22. The van der Waals surface area contributed by atoms with Gasteiger partial charge in [0.2, 0.25) is 5.91 Å². The molecule has 1 aromatic carbocycles. The maximum Gasteiger partial charge on any atom is 0.228 e. The predicted octanol–water partition coefficient (Wildman–Crippen LogP) is 1.00. The highest BCUT2D eigenvalue weighted by atomic mass is 16.1. The van der Waals surface area contributed by atoms with Crippen molar-refractivity contribution in [2.75, 3.05) is 32.5 Å². The van der Waals surface area contributed by atoms with Gasteiger partial charge in [-0.05, 0) is 31.3 Å². The number of benzene rings is 1. The number of anilines is 1. The van der Waals surface area contributed by atoms with Crippen LogP contribution < -0.4 is 10.6 Å². The number of carbonyl (C=O) groups excluding carboxylic acids is 1. The van der Waals surface area contributed by atoms with Gasteiger partial charge < -0.3 is 15.5 Å². The molecule has 2 N–H and O–H groups in total. The van der Waals surface area contributed by atoms with E-state index in [0.717, 1.165) is 24.3 Å². The van der Waals surface area contributed by atoms with Crippen LogP contribution in [0.25, 0.3) is 0 Å². The van der Waals surface area contributed by atoms with Gasteiger partial charge in [-0.1, -0.05) is 12.1 Å². The van der Waals surface area contributed by atoms with Crippen molar-refractivity contribution in [3.63, 3.8) is 0 Å². The average Bonchev–Trinajstić information content (AvgIpc) is 2.61. The fourth-order valence-electron chi connectivity index (χ4n) is 2.96. The van der Waals surface area contributed by atoms with E-state index in [1.54, 1.807) is 0 Å². The van der Waals surface area contributed by atoms with Gasteiger partial charge in [0, 0.05) is 30.7 Å². The van der Waals surface area contributed by atoms with Gasteiger partial charge in [0.25, 0.3) is 0 Å². The molecular formula is C14H19N3O. The first-order valence-corrected chi connectivity index (χ1v) is 6.45. The van der Waals surface area contributed by atoms with E-state index >= 15 is 0 Å². The molecule has 2 aliphatic heterocycles. The van der Waals surface area contributed by atoms with E-state index in [4.69, 9.17) is 0 Å². The Labute approximate surface area is 107 Å². The van der Waals surface area contributed by atoms with Crippen molar-refractivity contribution in [3.8, 4) is 0 Å². The molecule has 1 aromatic rings. The summed E-state index contributed by atoms with van der Waals surface area (Å²) in [5.74, 6) is 0.775. The van der Waals surface area contributed by atoms with Gasteiger partial charge in [0.05, 0.1) is 6.42 Å². The molecule has 0 spiro atoms. The van der Waals surface area contributed by atoms with E-state index in [2.05, 4.69) is 41.8 Å². The van der Waals surface area contributed by atoms with Crippen molar-refractivity contribution in [1.29, 1.82) is 0 Å². The summed E-state index contributed by atoms with van der Waals surface area (Å²) in [7, 11) is 4.25. The Morgan fingerprint density at radius 3 is 2.72 bits per heavy atom. The van der Waals surface area contributed by atoms with Gasteiger partial charge in [0.15, 0.2) is 0 Å². The van der Waals surface area contributed by atoms with Crippen molar-refractivity contribution < 1.29 is 4.79 Å². The van der Waals surface area contributed by atoms with E-state index < -0.39 is 0 Å². The first-order valence-electron chi connectivity index (χ1n) is 6.45. The summed E-state index contributed by atoms with van der Waals surface area (Å²) in [6.07, 6.45) is 0.520. The molecule has 0 aromatic heterocycles. The summed E-state index contributed by atoms with van der Waals surface area (Å²) in [6, 6.07) is 6.81. The monoisotopic (exact) mass is 245 g/mol. The highest BCUT2D eigenvalue weighted by molar-refractivity contribution is 5.99. The van der Waals surface area contributed by atoms with Gasteiger partial charge in [-0.2, -0.15) is 0 Å². The Balaban J connectivity index is 1.91. The zero-order chi connectivity index (χ0) is 12.7. The minimum absolute atomic E-state index is 0.105. The summed E-state index contributed by atoms with van der Waals surface area (Å²) >= 11 is 0. The van der Waals surface area contributed by atoms with Crippen LogP contribution in [-0.2, 0) is 11.2 Å². The molecule has 1 fully saturated rings. The quantitative estimate of drug-likeness (QED) is 0.835. The van der Waals surface area contributed by atoms with Crippen LogP contribution in [0.4, 0.5) is 5.69 Å². The normalized spacial score (nSPS) is 20.5. The second-order valence-electron chi connectivity index (χ2n) is 5.47. The van der Waals surface area contributed by atoms with Crippen molar-refractivity contribution in [2.24, 2.45) is 5.92 Å². The minimum Gasteiger partial charge on any atom is -0.326 e. The molecule has 1 saturated heterocycles. The van der Waals surface area contributed by atoms with Crippen LogP contribution >= 0.6 is 0 Å². The number of amides is 1. The SMILES string of the molecule is CN(C)C(c1ccc2c(c1)CC(=O)N2)C1CNC1. The molecule has 1 amide bonds. The zero-order valence-electron chi connectivity index (χ0n) is 10.9. The van der Waals surface area contributed by atoms with Crippen LogP contribution in [0.2, 0.25) is 0 Å². The molecule has 3 rings (SSSR count). The van der Waals surface area contributed by atoms with Crippen LogP contribution in [0.15, 0.2) is 18.2 Å². The van der Waals surface area contributed by atoms with Crippen molar-refractivity contribution in [3.05, 3.63) is 29.3 Å². The molecule has 18 heavy (non-hydrogen) atoms. The Morgan fingerprint density at radius 1 is 1.33 bits per heavy atom. The lowest BCUT2D eigenvalue weighted by atomic mass is 9.87. The molecule has 4 heteroatoms. The van der Waals surface area contributed by atoms with Crippen molar-refractivity contribution in [2.45, 2.75) is 12.5 Å². The largest absolute Gasteiger partial charge is 0.326 e. The third kappa shape index (κ3) is 1.91. The molecule has 4 nitrogen and oxygen atoms in total. The maximum atomic E-state index is 11.4. The van der Waals surface area contributed by atoms with Crippen molar-refractivity contribution >= 4 is 11.6 Å². The summed E-state index contributed by atoms with van der Waals surface area (Å²) in [5.41, 5.74) is 3.44. The van der Waals surface area contributed by atoms with Gasteiger partial charge in [-0.15, -0.1) is 0 Å². The molecule has 0 bridgehead atoms. The number of carbonyl (C=O) groups is 1. The Hall–Kier alpha value is -1.39. The molecular weight excluding hydrogens is 226 g/mol. The lowest BCUT2D eigenvalue weighted by Crippen LogP contribution is -2.48. The number of nitrogens with one attached hydrogen (secondary N) is 2. The number of hydrogen-bond donors (Lipinski definition) is 2. The lowest BCUT2D eigenvalue weighted by molar-refractivity contribution is -0.115. The Kier molecular flexibility index (Phi) is 2.84. The standard InChI is InChI=1S/C14H19N3O/c1-17(2)14(11-7-15-8-11)9-3-4-12-10(5-9)6-13(18)16-12/h3-5,11,14-15H,6-8H2,1-2H3,(H,16,18). The van der Waals surface area contributed by atoms with Crippen LogP contribution in [-0.4, -0.2) is 38.0 Å². The van der Waals surface area contributed by atoms with Crippen molar-refractivity contribution in [1.82, 2.24) is 10.2 Å². The summed E-state index contributed by atoms with van der Waals surface area (Å²) in [6.45, 7) is 2.16. The lowest BCUT2D eigenvalue weighted by Gasteiger charge is -2.39. The number of rotatable bonds is 3. The molecule has 2 aliphatic rings. The molecule has 2 heterocycles. The maximum absolute atomic E-state index is 11.4. The van der Waals surface area contributed by atoms with Crippen LogP contribution in [0.1, 0.15) is 17.2 Å². The fourth-order valence-corrected chi connectivity index (χ4v) is 2.96. The molecule has 0 aliphatic carbocycles. The smallest absolute Gasteiger partial charge is 0.228 e. The van der Waals surface area contributed by atoms with Gasteiger partial charge >= 0.3 is 0 Å². The van der Waals surface area contributed by atoms with Gasteiger partial charge in [-0.25, -0.2) is 0 Å². The van der Waals surface area contributed by atoms with E-state index in [9.17, 15) is 4.79 Å². The molecule has 1 atom stereocenters. The first-order chi connectivity index (χ1) is 8.65. The van der Waals surface area contributed by atoms with E-state index in [1.165, 1.54) is 5.56 Å². The highest BCUT2D eigenvalue weighted by Gasteiger charge is 2.30. The van der Waals surface area contributed by atoms with E-state index in [0.29, 0.717) is 18.4 Å². The summed E-state index contributed by atoms with van der Waals surface area (Å²) in [4.78, 5) is 13.7. The minimum atomic E-state index is 0.105. The average molecular weight is 245 g/mol. The second kappa shape index (κ2) is 4.37. The van der Waals surface area contributed by atoms with E-state index in [-0.39, 0.29) is 5.91 Å². The third-order valence-electron chi connectivity index (χ3n) is 3.91. The third-order valence-corrected chi connectivity index (χ3v) is 3.91. The second-order valence-corrected chi connectivity index (χ2v) is 5.47. The zero-order valence-corrected chi connectivity index (χ0v) is 10.9. The van der Waals surface area contributed by atoms with Crippen LogP contribution in [0, 0.1) is 5.92 Å². The van der Waals surface area contributed by atoms with Gasteiger partial charge in [-0.3, -0.25) is 4.79 Å². The number of fused-ring (bicyclic) bond motifs is 1. The van der Waals surface area contributed by atoms with Crippen LogP contribution in [0.3, 0.4) is 0 Å². The molecule has 0 radical (unpaired) electrons. The molecule has 1 unspecified atom stereocenters. The Morgan fingerprint density at radius 2 is 2.11 bits per heavy atom. The van der Waals surface area contributed by atoms with Gasteiger partial charge in [0.1, 0.15) is 0 Å². The van der Waals surface area contributed by atoms with Crippen LogP contribution in [0.5, 0.6) is 0 Å². The first kappa shape index (κ1) is 11.7. The number of nitrogens with zero attached hydrogens (tertiary/aromatic N) is 1. The highest BCUT2D eigenvalue weighted by Crippen LogP contribution is 2.33. The molecule has 0 saturated carbocycles. The molecule has 96 valence electrons. The Bertz CT molecular complexity index is 480.